The van der Waals surface area contributed by atoms with Crippen LogP contribution < -0.4 is 5.46 Å². The van der Waals surface area contributed by atoms with E-state index in [1.165, 1.54) is 24.3 Å². The first-order chi connectivity index (χ1) is 11.2. The van der Waals surface area contributed by atoms with Gasteiger partial charge in [-0.15, -0.1) is 0 Å². The largest absolute Gasteiger partial charge is 0.478 e. The molecule has 0 aliphatic carbocycles. The first kappa shape index (κ1) is 16.3. The van der Waals surface area contributed by atoms with Gasteiger partial charge in [0.1, 0.15) is 13.7 Å². The van der Waals surface area contributed by atoms with Crippen molar-refractivity contribution in [3.8, 4) is 0 Å². The fourth-order valence-electron chi connectivity index (χ4n) is 2.61. The zero-order chi connectivity index (χ0) is 17.6. The van der Waals surface area contributed by atoms with Gasteiger partial charge in [0.2, 0.25) is 0 Å². The molecule has 3 aromatic rings. The molecular formula is C16H11BFNO4S. The number of hydrogen-bond donors (Lipinski definition) is 1. The molecule has 8 heteroatoms. The smallest absolute Gasteiger partial charge is 0.337 e. The van der Waals surface area contributed by atoms with Crippen molar-refractivity contribution in [2.24, 2.45) is 0 Å². The Balaban J connectivity index is 2.35. The molecule has 1 heterocycles. The average molecular weight is 343 g/mol. The molecule has 2 aromatic carbocycles. The molecule has 0 saturated heterocycles. The van der Waals surface area contributed by atoms with Crippen LogP contribution in [0.3, 0.4) is 0 Å². The molecule has 0 amide bonds. The summed E-state index contributed by atoms with van der Waals surface area (Å²) in [6.45, 7) is 1.59. The van der Waals surface area contributed by atoms with Gasteiger partial charge < -0.3 is 5.11 Å². The van der Waals surface area contributed by atoms with Crippen molar-refractivity contribution < 1.29 is 22.7 Å². The number of aryl methyl sites for hydroxylation is 1. The first-order valence-electron chi connectivity index (χ1n) is 6.87. The van der Waals surface area contributed by atoms with Crippen molar-refractivity contribution in [3.63, 3.8) is 0 Å². The van der Waals surface area contributed by atoms with Crippen LogP contribution in [-0.2, 0) is 10.0 Å². The number of aromatic carboxylic acids is 1. The molecule has 0 atom stereocenters. The van der Waals surface area contributed by atoms with Gasteiger partial charge in [-0.2, -0.15) is 0 Å². The Labute approximate surface area is 138 Å². The van der Waals surface area contributed by atoms with Crippen LogP contribution in [0.15, 0.2) is 47.5 Å². The summed E-state index contributed by atoms with van der Waals surface area (Å²) in [5.74, 6) is -1.99. The second-order valence-electron chi connectivity index (χ2n) is 5.34. The summed E-state index contributed by atoms with van der Waals surface area (Å²) in [7, 11) is 1.58. The SMILES string of the molecule is [B]c1ccc(S(=O)(=O)n2cc(C(=O)O)c3cc(F)ccc32)c(C)c1. The van der Waals surface area contributed by atoms with Crippen LogP contribution in [0.5, 0.6) is 0 Å². The Morgan fingerprint density at radius 2 is 1.92 bits per heavy atom. The van der Waals surface area contributed by atoms with Crippen molar-refractivity contribution in [1.29, 1.82) is 0 Å². The van der Waals surface area contributed by atoms with Gasteiger partial charge in [0.25, 0.3) is 10.0 Å². The van der Waals surface area contributed by atoms with E-state index in [4.69, 9.17) is 7.85 Å². The van der Waals surface area contributed by atoms with E-state index in [-0.39, 0.29) is 21.4 Å². The Morgan fingerprint density at radius 3 is 2.54 bits per heavy atom. The van der Waals surface area contributed by atoms with Gasteiger partial charge in [0.05, 0.1) is 16.0 Å². The van der Waals surface area contributed by atoms with E-state index in [1.54, 1.807) is 6.92 Å². The van der Waals surface area contributed by atoms with E-state index in [1.807, 2.05) is 0 Å². The highest BCUT2D eigenvalue weighted by Crippen LogP contribution is 2.27. The second-order valence-corrected chi connectivity index (χ2v) is 7.12. The molecule has 0 aliphatic rings. The number of rotatable bonds is 3. The van der Waals surface area contributed by atoms with Crippen molar-refractivity contribution in [1.82, 2.24) is 3.97 Å². The third-order valence-corrected chi connectivity index (χ3v) is 5.53. The quantitative estimate of drug-likeness (QED) is 0.736. The van der Waals surface area contributed by atoms with Crippen molar-refractivity contribution in [2.75, 3.05) is 0 Å². The number of carboxylic acid groups (broad SMARTS) is 1. The minimum absolute atomic E-state index is 0.00476. The maximum atomic E-state index is 13.5. The molecule has 1 aromatic heterocycles. The summed E-state index contributed by atoms with van der Waals surface area (Å²) in [6.07, 6.45) is 0.984. The summed E-state index contributed by atoms with van der Waals surface area (Å²) in [5.41, 5.74) is 0.638. The van der Waals surface area contributed by atoms with Crippen LogP contribution in [0, 0.1) is 12.7 Å². The van der Waals surface area contributed by atoms with Gasteiger partial charge in [-0.05, 0) is 36.8 Å². The third kappa shape index (κ3) is 2.48. The summed E-state index contributed by atoms with van der Waals surface area (Å²) in [4.78, 5) is 11.4. The molecule has 0 spiro atoms. The molecule has 24 heavy (non-hydrogen) atoms. The summed E-state index contributed by atoms with van der Waals surface area (Å²) >= 11 is 0. The highest BCUT2D eigenvalue weighted by Gasteiger charge is 2.25. The van der Waals surface area contributed by atoms with Crippen LogP contribution in [-0.4, -0.2) is 31.3 Å². The summed E-state index contributed by atoms with van der Waals surface area (Å²) < 4.78 is 40.2. The number of hydrogen-bond acceptors (Lipinski definition) is 3. The van der Waals surface area contributed by atoms with Gasteiger partial charge in [0.15, 0.2) is 0 Å². The van der Waals surface area contributed by atoms with E-state index < -0.39 is 21.8 Å². The summed E-state index contributed by atoms with van der Waals surface area (Å²) in [5, 5.41) is 9.28. The zero-order valence-electron chi connectivity index (χ0n) is 12.5. The molecule has 0 fully saturated rings. The normalized spacial score (nSPS) is 11.8. The minimum Gasteiger partial charge on any atom is -0.478 e. The number of carbonyl (C=O) groups is 1. The van der Waals surface area contributed by atoms with Gasteiger partial charge in [-0.3, -0.25) is 0 Å². The molecule has 1 N–H and O–H groups in total. The van der Waals surface area contributed by atoms with Crippen LogP contribution in [0.4, 0.5) is 4.39 Å². The predicted molar refractivity (Wildman–Crippen MR) is 88.0 cm³/mol. The Morgan fingerprint density at radius 1 is 1.21 bits per heavy atom. The molecule has 0 saturated carbocycles. The molecule has 0 aliphatic heterocycles. The van der Waals surface area contributed by atoms with Gasteiger partial charge in [-0.25, -0.2) is 21.6 Å². The molecule has 5 nitrogen and oxygen atoms in total. The van der Waals surface area contributed by atoms with E-state index >= 15 is 0 Å². The molecule has 120 valence electrons. The lowest BCUT2D eigenvalue weighted by atomic mass is 9.95. The maximum absolute atomic E-state index is 13.5. The highest BCUT2D eigenvalue weighted by atomic mass is 32.2. The van der Waals surface area contributed by atoms with Crippen molar-refractivity contribution >= 4 is 40.2 Å². The lowest BCUT2D eigenvalue weighted by Crippen LogP contribution is -2.15. The Hall–Kier alpha value is -2.61. The minimum atomic E-state index is -4.06. The average Bonchev–Trinajstić information content (AvgIpc) is 2.86. The third-order valence-electron chi connectivity index (χ3n) is 3.70. The molecule has 2 radical (unpaired) electrons. The maximum Gasteiger partial charge on any atom is 0.337 e. The number of aromatic nitrogens is 1. The number of benzene rings is 2. The van der Waals surface area contributed by atoms with Crippen LogP contribution in [0.2, 0.25) is 0 Å². The first-order valence-corrected chi connectivity index (χ1v) is 8.31. The Bertz CT molecular complexity index is 1090. The van der Waals surface area contributed by atoms with Crippen LogP contribution >= 0.6 is 0 Å². The van der Waals surface area contributed by atoms with Crippen molar-refractivity contribution in [3.05, 3.63) is 59.5 Å². The monoisotopic (exact) mass is 343 g/mol. The number of halogens is 1. The van der Waals surface area contributed by atoms with E-state index in [0.717, 1.165) is 22.3 Å². The number of fused-ring (bicyclic) bond motifs is 1. The zero-order valence-corrected chi connectivity index (χ0v) is 13.3. The van der Waals surface area contributed by atoms with Gasteiger partial charge in [-0.1, -0.05) is 17.6 Å². The molecule has 3 rings (SSSR count). The van der Waals surface area contributed by atoms with Crippen LogP contribution in [0.1, 0.15) is 15.9 Å². The predicted octanol–water partition coefficient (Wildman–Crippen LogP) is 1.82. The van der Waals surface area contributed by atoms with E-state index in [9.17, 15) is 22.7 Å². The van der Waals surface area contributed by atoms with Gasteiger partial charge >= 0.3 is 5.97 Å². The lowest BCUT2D eigenvalue weighted by molar-refractivity contribution is 0.0699. The summed E-state index contributed by atoms with van der Waals surface area (Å²) in [6, 6.07) is 7.63. The van der Waals surface area contributed by atoms with Crippen molar-refractivity contribution in [2.45, 2.75) is 11.8 Å². The fraction of sp³-hybridized carbons (Fsp3) is 0.0625. The molecule has 0 unspecified atom stereocenters. The molecule has 0 bridgehead atoms. The fourth-order valence-corrected chi connectivity index (χ4v) is 4.19. The number of nitrogens with zero attached hydrogens (tertiary/aromatic N) is 1. The number of carboxylic acids is 1. The van der Waals surface area contributed by atoms with Crippen LogP contribution in [0.25, 0.3) is 10.9 Å². The topological polar surface area (TPSA) is 76.4 Å². The molecular weight excluding hydrogens is 332 g/mol. The standard InChI is InChI=1S/C16H11BFNO4S/c1-9-6-10(17)2-5-15(9)24(22,23)19-8-13(16(20)21)12-7-11(18)3-4-14(12)19/h2-8H,1H3,(H,20,21). The highest BCUT2D eigenvalue weighted by molar-refractivity contribution is 7.90. The van der Waals surface area contributed by atoms with E-state index in [2.05, 4.69) is 0 Å². The Kier molecular flexibility index (Phi) is 3.72. The van der Waals surface area contributed by atoms with E-state index in [0.29, 0.717) is 11.0 Å². The second kappa shape index (κ2) is 5.49. The van der Waals surface area contributed by atoms with Gasteiger partial charge in [0, 0.05) is 11.6 Å². The lowest BCUT2D eigenvalue weighted by Gasteiger charge is -2.11.